The second kappa shape index (κ2) is 11.0. The van der Waals surface area contributed by atoms with E-state index in [1.807, 2.05) is 6.07 Å². The summed E-state index contributed by atoms with van der Waals surface area (Å²) >= 11 is 5.81. The number of pyridine rings is 1. The number of aliphatic imine (C=N–C) groups is 1. The number of nitrogens with zero attached hydrogens (tertiary/aromatic N) is 3. The molecule has 0 amide bonds. The van der Waals surface area contributed by atoms with Crippen LogP contribution in [-0.4, -0.2) is 48.2 Å². The van der Waals surface area contributed by atoms with E-state index in [9.17, 15) is 0 Å². The molecule has 0 aromatic carbocycles. The molecular formula is C16H26ClIN4O. The Hall–Kier alpha value is -0.600. The van der Waals surface area contributed by atoms with Crippen LogP contribution in [0.2, 0.25) is 5.15 Å². The predicted octanol–water partition coefficient (Wildman–Crippen LogP) is 3.32. The highest BCUT2D eigenvalue weighted by molar-refractivity contribution is 14.0. The van der Waals surface area contributed by atoms with Crippen molar-refractivity contribution in [2.45, 2.75) is 39.3 Å². The van der Waals surface area contributed by atoms with Crippen molar-refractivity contribution in [3.63, 3.8) is 0 Å². The normalized spacial score (nSPS) is 16.1. The predicted molar refractivity (Wildman–Crippen MR) is 106 cm³/mol. The molecule has 5 nitrogen and oxygen atoms in total. The Morgan fingerprint density at radius 2 is 2.13 bits per heavy atom. The molecule has 1 saturated heterocycles. The molecule has 1 aromatic heterocycles. The van der Waals surface area contributed by atoms with Gasteiger partial charge in [-0.05, 0) is 38.3 Å². The topological polar surface area (TPSA) is 49.8 Å². The van der Waals surface area contributed by atoms with E-state index in [1.165, 1.54) is 0 Å². The Kier molecular flexibility index (Phi) is 9.81. The van der Waals surface area contributed by atoms with E-state index in [1.54, 1.807) is 12.3 Å². The van der Waals surface area contributed by atoms with Gasteiger partial charge in [-0.25, -0.2) is 9.98 Å². The first-order valence-electron chi connectivity index (χ1n) is 7.98. The maximum absolute atomic E-state index is 5.81. The molecule has 7 heteroatoms. The number of halogens is 2. The summed E-state index contributed by atoms with van der Waals surface area (Å²) in [4.78, 5) is 11.1. The molecule has 2 heterocycles. The van der Waals surface area contributed by atoms with Crippen LogP contribution in [0.4, 0.5) is 0 Å². The van der Waals surface area contributed by atoms with Crippen LogP contribution in [0.5, 0.6) is 0 Å². The third kappa shape index (κ3) is 6.81. The molecule has 23 heavy (non-hydrogen) atoms. The fourth-order valence-electron chi connectivity index (χ4n) is 2.56. The Bertz CT molecular complexity index is 475. The van der Waals surface area contributed by atoms with Crippen LogP contribution in [0, 0.1) is 0 Å². The van der Waals surface area contributed by atoms with Crippen LogP contribution in [0.25, 0.3) is 0 Å². The molecule has 2 rings (SSSR count). The number of likely N-dealkylation sites (tertiary alicyclic amines) is 1. The fraction of sp³-hybridized carbons (Fsp3) is 0.625. The number of hydrogen-bond acceptors (Lipinski definition) is 3. The third-order valence-electron chi connectivity index (χ3n) is 3.68. The third-order valence-corrected chi connectivity index (χ3v) is 3.90. The highest BCUT2D eigenvalue weighted by Gasteiger charge is 2.21. The average molecular weight is 453 g/mol. The number of ether oxygens (including phenoxy) is 1. The first-order chi connectivity index (χ1) is 10.7. The number of guanidine groups is 1. The largest absolute Gasteiger partial charge is 0.378 e. The van der Waals surface area contributed by atoms with Gasteiger partial charge in [-0.1, -0.05) is 17.7 Å². The summed E-state index contributed by atoms with van der Waals surface area (Å²) in [7, 11) is 0. The second-order valence-electron chi connectivity index (χ2n) is 5.30. The minimum Gasteiger partial charge on any atom is -0.378 e. The Balaban J connectivity index is 0.00000264. The molecule has 0 saturated carbocycles. The standard InChI is InChI=1S/C16H25ClN4O.HI/c1-3-18-16(20-12-13-5-6-15(17)19-11-13)21-9-7-14(8-10-21)22-4-2;/h5-6,11,14H,3-4,7-10,12H2,1-2H3,(H,18,20);1H. The first kappa shape index (κ1) is 20.4. The highest BCUT2D eigenvalue weighted by Crippen LogP contribution is 2.14. The molecule has 0 radical (unpaired) electrons. The van der Waals surface area contributed by atoms with Gasteiger partial charge in [-0.2, -0.15) is 0 Å². The molecule has 0 aliphatic carbocycles. The van der Waals surface area contributed by atoms with E-state index in [2.05, 4.69) is 29.0 Å². The molecule has 1 N–H and O–H groups in total. The summed E-state index contributed by atoms with van der Waals surface area (Å²) < 4.78 is 5.70. The van der Waals surface area contributed by atoms with E-state index in [0.717, 1.165) is 50.6 Å². The zero-order chi connectivity index (χ0) is 15.8. The molecule has 130 valence electrons. The fourth-order valence-corrected chi connectivity index (χ4v) is 2.67. The quantitative estimate of drug-likeness (QED) is 0.322. The maximum atomic E-state index is 5.81. The van der Waals surface area contributed by atoms with E-state index < -0.39 is 0 Å². The van der Waals surface area contributed by atoms with Crippen molar-refractivity contribution in [1.82, 2.24) is 15.2 Å². The molecule has 0 unspecified atom stereocenters. The number of piperidine rings is 1. The lowest BCUT2D eigenvalue weighted by Gasteiger charge is -2.34. The monoisotopic (exact) mass is 452 g/mol. The summed E-state index contributed by atoms with van der Waals surface area (Å²) in [5.41, 5.74) is 1.06. The first-order valence-corrected chi connectivity index (χ1v) is 8.36. The van der Waals surface area contributed by atoms with Gasteiger partial charge in [-0.3, -0.25) is 0 Å². The van der Waals surface area contributed by atoms with Gasteiger partial charge in [0.2, 0.25) is 0 Å². The van der Waals surface area contributed by atoms with Gasteiger partial charge in [0.05, 0.1) is 12.6 Å². The van der Waals surface area contributed by atoms with E-state index in [4.69, 9.17) is 21.3 Å². The summed E-state index contributed by atoms with van der Waals surface area (Å²) in [6, 6.07) is 3.76. The Labute approximate surface area is 160 Å². The second-order valence-corrected chi connectivity index (χ2v) is 5.69. The van der Waals surface area contributed by atoms with Crippen molar-refractivity contribution in [3.05, 3.63) is 29.0 Å². The minimum absolute atomic E-state index is 0. The lowest BCUT2D eigenvalue weighted by Crippen LogP contribution is -2.47. The lowest BCUT2D eigenvalue weighted by atomic mass is 10.1. The Morgan fingerprint density at radius 3 is 2.70 bits per heavy atom. The summed E-state index contributed by atoms with van der Waals surface area (Å²) in [5.74, 6) is 0.965. The molecule has 1 aliphatic rings. The molecule has 0 spiro atoms. The average Bonchev–Trinajstić information content (AvgIpc) is 2.54. The minimum atomic E-state index is 0. The van der Waals surface area contributed by atoms with Gasteiger partial charge < -0.3 is 15.0 Å². The van der Waals surface area contributed by atoms with Gasteiger partial charge in [0.1, 0.15) is 5.15 Å². The van der Waals surface area contributed by atoms with Crippen LogP contribution in [0.1, 0.15) is 32.3 Å². The van der Waals surface area contributed by atoms with Gasteiger partial charge in [0.25, 0.3) is 0 Å². The number of hydrogen-bond donors (Lipinski definition) is 1. The van der Waals surface area contributed by atoms with Crippen molar-refractivity contribution in [3.8, 4) is 0 Å². The zero-order valence-electron chi connectivity index (χ0n) is 13.8. The van der Waals surface area contributed by atoms with Crippen molar-refractivity contribution in [2.75, 3.05) is 26.2 Å². The summed E-state index contributed by atoms with van der Waals surface area (Å²) in [5, 5.41) is 3.88. The van der Waals surface area contributed by atoms with Crippen molar-refractivity contribution in [2.24, 2.45) is 4.99 Å². The molecule has 1 aromatic rings. The SMILES string of the molecule is CCNC(=NCc1ccc(Cl)nc1)N1CCC(OCC)CC1.I. The van der Waals surface area contributed by atoms with Crippen molar-refractivity contribution in [1.29, 1.82) is 0 Å². The van der Waals surface area contributed by atoms with Gasteiger partial charge in [0.15, 0.2) is 5.96 Å². The molecule has 1 fully saturated rings. The van der Waals surface area contributed by atoms with Crippen LogP contribution < -0.4 is 5.32 Å². The highest BCUT2D eigenvalue weighted by atomic mass is 127. The van der Waals surface area contributed by atoms with Crippen LogP contribution in [0.15, 0.2) is 23.3 Å². The summed E-state index contributed by atoms with van der Waals surface area (Å²) in [6.45, 7) is 8.37. The van der Waals surface area contributed by atoms with E-state index in [0.29, 0.717) is 17.8 Å². The molecular weight excluding hydrogens is 427 g/mol. The van der Waals surface area contributed by atoms with E-state index >= 15 is 0 Å². The van der Waals surface area contributed by atoms with Crippen molar-refractivity contribution < 1.29 is 4.74 Å². The molecule has 1 aliphatic heterocycles. The van der Waals surface area contributed by atoms with Gasteiger partial charge in [0, 0.05) is 32.4 Å². The van der Waals surface area contributed by atoms with E-state index in [-0.39, 0.29) is 24.0 Å². The number of nitrogens with one attached hydrogen (secondary N) is 1. The van der Waals surface area contributed by atoms with Gasteiger partial charge in [-0.15, -0.1) is 24.0 Å². The molecule has 0 atom stereocenters. The van der Waals surface area contributed by atoms with Crippen LogP contribution in [-0.2, 0) is 11.3 Å². The summed E-state index contributed by atoms with van der Waals surface area (Å²) in [6.07, 6.45) is 4.28. The lowest BCUT2D eigenvalue weighted by molar-refractivity contribution is 0.0263. The molecule has 0 bridgehead atoms. The van der Waals surface area contributed by atoms with Gasteiger partial charge >= 0.3 is 0 Å². The number of aromatic nitrogens is 1. The van der Waals surface area contributed by atoms with Crippen LogP contribution >= 0.6 is 35.6 Å². The Morgan fingerprint density at radius 1 is 1.39 bits per heavy atom. The zero-order valence-corrected chi connectivity index (χ0v) is 16.9. The van der Waals surface area contributed by atoms with Crippen molar-refractivity contribution >= 4 is 41.5 Å². The smallest absolute Gasteiger partial charge is 0.194 e. The number of rotatable bonds is 5. The maximum Gasteiger partial charge on any atom is 0.194 e. The van der Waals surface area contributed by atoms with Crippen LogP contribution in [0.3, 0.4) is 0 Å².